The van der Waals surface area contributed by atoms with E-state index in [4.69, 9.17) is 9.40 Å². The van der Waals surface area contributed by atoms with Gasteiger partial charge in [0.2, 0.25) is 5.89 Å². The van der Waals surface area contributed by atoms with Crippen molar-refractivity contribution in [3.8, 4) is 0 Å². The third-order valence-electron chi connectivity index (χ3n) is 4.15. The van der Waals surface area contributed by atoms with Crippen LogP contribution in [0.4, 0.5) is 0 Å². The Morgan fingerprint density at radius 2 is 2.33 bits per heavy atom. The second kappa shape index (κ2) is 4.39. The van der Waals surface area contributed by atoms with Crippen molar-refractivity contribution in [1.29, 1.82) is 0 Å². The molecule has 1 unspecified atom stereocenters. The number of nitrogens with one attached hydrogen (secondary N) is 1. The average molecular weight is 244 g/mol. The lowest BCUT2D eigenvalue weighted by Gasteiger charge is -2.33. The number of rotatable bonds is 2. The number of aromatic nitrogens is 1. The SMILES string of the molecule is CCC1(c2nc3cc(C)ccc3o2)CCCNC1. The van der Waals surface area contributed by atoms with Gasteiger partial charge in [-0.25, -0.2) is 4.98 Å². The van der Waals surface area contributed by atoms with Crippen LogP contribution in [-0.2, 0) is 5.41 Å². The van der Waals surface area contributed by atoms with Gasteiger partial charge in [0.25, 0.3) is 0 Å². The van der Waals surface area contributed by atoms with Crippen LogP contribution < -0.4 is 5.32 Å². The van der Waals surface area contributed by atoms with E-state index in [9.17, 15) is 0 Å². The highest BCUT2D eigenvalue weighted by molar-refractivity contribution is 5.73. The lowest BCUT2D eigenvalue weighted by molar-refractivity contribution is 0.249. The van der Waals surface area contributed by atoms with Gasteiger partial charge in [-0.3, -0.25) is 0 Å². The summed E-state index contributed by atoms with van der Waals surface area (Å²) in [6, 6.07) is 6.21. The molecule has 1 aromatic carbocycles. The van der Waals surface area contributed by atoms with Crippen LogP contribution in [0.1, 0.15) is 37.6 Å². The van der Waals surface area contributed by atoms with Crippen LogP contribution in [0, 0.1) is 6.92 Å². The number of piperidine rings is 1. The number of aryl methyl sites for hydroxylation is 1. The predicted molar refractivity (Wildman–Crippen MR) is 72.8 cm³/mol. The van der Waals surface area contributed by atoms with Gasteiger partial charge < -0.3 is 9.73 Å². The molecule has 0 spiro atoms. The Bertz CT molecular complexity index is 553. The van der Waals surface area contributed by atoms with E-state index >= 15 is 0 Å². The van der Waals surface area contributed by atoms with Crippen LogP contribution in [0.25, 0.3) is 11.1 Å². The molecule has 1 aromatic heterocycles. The van der Waals surface area contributed by atoms with E-state index in [1.165, 1.54) is 18.4 Å². The summed E-state index contributed by atoms with van der Waals surface area (Å²) in [5.41, 5.74) is 3.22. The number of hydrogen-bond donors (Lipinski definition) is 1. The molecule has 2 heterocycles. The van der Waals surface area contributed by atoms with Crippen molar-refractivity contribution in [2.45, 2.75) is 38.5 Å². The Morgan fingerprint density at radius 3 is 3.06 bits per heavy atom. The summed E-state index contributed by atoms with van der Waals surface area (Å²) in [5, 5.41) is 3.48. The van der Waals surface area contributed by atoms with Gasteiger partial charge in [0.15, 0.2) is 5.58 Å². The average Bonchev–Trinajstić information content (AvgIpc) is 2.83. The van der Waals surface area contributed by atoms with Gasteiger partial charge in [-0.2, -0.15) is 0 Å². The van der Waals surface area contributed by atoms with E-state index in [2.05, 4.69) is 31.3 Å². The Kier molecular flexibility index (Phi) is 2.86. The maximum Gasteiger partial charge on any atom is 0.202 e. The summed E-state index contributed by atoms with van der Waals surface area (Å²) in [6.07, 6.45) is 3.44. The lowest BCUT2D eigenvalue weighted by Crippen LogP contribution is -2.43. The summed E-state index contributed by atoms with van der Waals surface area (Å²) in [6.45, 7) is 6.41. The van der Waals surface area contributed by atoms with Crippen molar-refractivity contribution in [2.75, 3.05) is 13.1 Å². The molecule has 0 amide bonds. The molecule has 1 aliphatic rings. The van der Waals surface area contributed by atoms with Gasteiger partial charge in [0.05, 0.1) is 5.41 Å². The fraction of sp³-hybridized carbons (Fsp3) is 0.533. The van der Waals surface area contributed by atoms with Crippen molar-refractivity contribution in [2.24, 2.45) is 0 Å². The van der Waals surface area contributed by atoms with Crippen LogP contribution in [0.2, 0.25) is 0 Å². The normalized spacial score (nSPS) is 24.6. The van der Waals surface area contributed by atoms with Gasteiger partial charge in [-0.1, -0.05) is 13.0 Å². The molecular formula is C15H20N2O. The number of oxazole rings is 1. The van der Waals surface area contributed by atoms with Crippen molar-refractivity contribution in [1.82, 2.24) is 10.3 Å². The van der Waals surface area contributed by atoms with E-state index in [1.807, 2.05) is 6.07 Å². The zero-order valence-electron chi connectivity index (χ0n) is 11.1. The minimum atomic E-state index is 0.0885. The van der Waals surface area contributed by atoms with Crippen molar-refractivity contribution < 1.29 is 4.42 Å². The number of hydrogen-bond acceptors (Lipinski definition) is 3. The van der Waals surface area contributed by atoms with E-state index in [0.29, 0.717) is 0 Å². The van der Waals surface area contributed by atoms with Gasteiger partial charge in [0, 0.05) is 6.54 Å². The Hall–Kier alpha value is -1.35. The van der Waals surface area contributed by atoms with Crippen molar-refractivity contribution >= 4 is 11.1 Å². The lowest BCUT2D eigenvalue weighted by atomic mass is 9.78. The smallest absolute Gasteiger partial charge is 0.202 e. The highest BCUT2D eigenvalue weighted by Gasteiger charge is 2.36. The minimum Gasteiger partial charge on any atom is -0.440 e. The van der Waals surface area contributed by atoms with Crippen LogP contribution in [0.5, 0.6) is 0 Å². The summed E-state index contributed by atoms with van der Waals surface area (Å²) in [5.74, 6) is 0.915. The molecule has 1 fully saturated rings. The Labute approximate surface area is 108 Å². The predicted octanol–water partition coefficient (Wildman–Crippen LogP) is 3.17. The first-order valence-electron chi connectivity index (χ1n) is 6.82. The molecule has 96 valence electrons. The molecule has 18 heavy (non-hydrogen) atoms. The fourth-order valence-corrected chi connectivity index (χ4v) is 2.87. The molecule has 2 aromatic rings. The van der Waals surface area contributed by atoms with Crippen LogP contribution >= 0.6 is 0 Å². The van der Waals surface area contributed by atoms with Crippen molar-refractivity contribution in [3.63, 3.8) is 0 Å². The maximum atomic E-state index is 6.01. The van der Waals surface area contributed by atoms with Gasteiger partial charge in [-0.05, 0) is 50.4 Å². The van der Waals surface area contributed by atoms with Crippen LogP contribution in [0.15, 0.2) is 22.6 Å². The van der Waals surface area contributed by atoms with E-state index in [-0.39, 0.29) is 5.41 Å². The molecular weight excluding hydrogens is 224 g/mol. The quantitative estimate of drug-likeness (QED) is 0.881. The molecule has 1 atom stereocenters. The molecule has 3 nitrogen and oxygen atoms in total. The Balaban J connectivity index is 2.06. The third kappa shape index (κ3) is 1.83. The molecule has 1 aliphatic heterocycles. The first-order chi connectivity index (χ1) is 8.73. The molecule has 0 saturated carbocycles. The highest BCUT2D eigenvalue weighted by atomic mass is 16.3. The number of benzene rings is 1. The maximum absolute atomic E-state index is 6.01. The van der Waals surface area contributed by atoms with Crippen LogP contribution in [0.3, 0.4) is 0 Å². The second-order valence-electron chi connectivity index (χ2n) is 5.40. The highest BCUT2D eigenvalue weighted by Crippen LogP contribution is 2.35. The molecule has 3 heteroatoms. The molecule has 1 N–H and O–H groups in total. The summed E-state index contributed by atoms with van der Waals surface area (Å²) >= 11 is 0. The second-order valence-corrected chi connectivity index (χ2v) is 5.40. The van der Waals surface area contributed by atoms with Gasteiger partial charge in [0.1, 0.15) is 5.52 Å². The molecule has 0 aliphatic carbocycles. The summed E-state index contributed by atoms with van der Waals surface area (Å²) < 4.78 is 6.01. The van der Waals surface area contributed by atoms with E-state index in [0.717, 1.165) is 36.5 Å². The van der Waals surface area contributed by atoms with Crippen LogP contribution in [-0.4, -0.2) is 18.1 Å². The zero-order chi connectivity index (χ0) is 12.6. The Morgan fingerprint density at radius 1 is 1.44 bits per heavy atom. The monoisotopic (exact) mass is 244 g/mol. The summed E-state index contributed by atoms with van der Waals surface area (Å²) in [7, 11) is 0. The number of fused-ring (bicyclic) bond motifs is 1. The third-order valence-corrected chi connectivity index (χ3v) is 4.15. The standard InChI is InChI=1S/C15H20N2O/c1-3-15(7-4-8-16-10-15)14-17-12-9-11(2)5-6-13(12)18-14/h5-6,9,16H,3-4,7-8,10H2,1-2H3. The first-order valence-corrected chi connectivity index (χ1v) is 6.82. The fourth-order valence-electron chi connectivity index (χ4n) is 2.87. The van der Waals surface area contributed by atoms with Gasteiger partial charge in [-0.15, -0.1) is 0 Å². The molecule has 3 rings (SSSR count). The summed E-state index contributed by atoms with van der Waals surface area (Å²) in [4.78, 5) is 4.73. The zero-order valence-corrected chi connectivity index (χ0v) is 11.1. The largest absolute Gasteiger partial charge is 0.440 e. The molecule has 1 saturated heterocycles. The number of nitrogens with zero attached hydrogens (tertiary/aromatic N) is 1. The van der Waals surface area contributed by atoms with Crippen molar-refractivity contribution in [3.05, 3.63) is 29.7 Å². The van der Waals surface area contributed by atoms with Gasteiger partial charge >= 0.3 is 0 Å². The topological polar surface area (TPSA) is 38.1 Å². The van der Waals surface area contributed by atoms with E-state index < -0.39 is 0 Å². The first kappa shape index (κ1) is 11.7. The van der Waals surface area contributed by atoms with E-state index in [1.54, 1.807) is 0 Å². The molecule has 0 radical (unpaired) electrons. The molecule has 0 bridgehead atoms. The minimum absolute atomic E-state index is 0.0885.